The van der Waals surface area contributed by atoms with Gasteiger partial charge in [-0.2, -0.15) is 0 Å². The molecule has 0 saturated heterocycles. The Hall–Kier alpha value is -2.49. The van der Waals surface area contributed by atoms with Crippen LogP contribution in [0.25, 0.3) is 0 Å². The SMILES string of the molecule is CNc1cc(NC(=O)c2cccc(N(C)C)c2)ccc1C(C)(C)C. The molecule has 0 radical (unpaired) electrons. The van der Waals surface area contributed by atoms with Crippen molar-refractivity contribution in [2.45, 2.75) is 26.2 Å². The predicted octanol–water partition coefficient (Wildman–Crippen LogP) is 4.34. The summed E-state index contributed by atoms with van der Waals surface area (Å²) in [5, 5.41) is 6.20. The first-order valence-electron chi connectivity index (χ1n) is 8.13. The molecule has 0 aliphatic rings. The van der Waals surface area contributed by atoms with E-state index in [0.717, 1.165) is 17.1 Å². The zero-order chi connectivity index (χ0) is 17.9. The van der Waals surface area contributed by atoms with Crippen LogP contribution in [-0.2, 0) is 5.41 Å². The summed E-state index contributed by atoms with van der Waals surface area (Å²) in [6, 6.07) is 13.6. The van der Waals surface area contributed by atoms with E-state index in [4.69, 9.17) is 0 Å². The topological polar surface area (TPSA) is 44.4 Å². The van der Waals surface area contributed by atoms with Crippen LogP contribution < -0.4 is 15.5 Å². The molecule has 4 nitrogen and oxygen atoms in total. The van der Waals surface area contributed by atoms with Gasteiger partial charge >= 0.3 is 0 Å². The number of rotatable bonds is 4. The third-order valence-electron chi connectivity index (χ3n) is 3.98. The van der Waals surface area contributed by atoms with Crippen molar-refractivity contribution in [2.75, 3.05) is 36.7 Å². The molecule has 0 heterocycles. The van der Waals surface area contributed by atoms with Gasteiger partial charge in [-0.05, 0) is 41.3 Å². The van der Waals surface area contributed by atoms with Gasteiger partial charge in [0.2, 0.25) is 0 Å². The molecule has 0 aliphatic heterocycles. The van der Waals surface area contributed by atoms with E-state index in [1.165, 1.54) is 5.56 Å². The van der Waals surface area contributed by atoms with Gasteiger partial charge in [0.05, 0.1) is 0 Å². The second-order valence-corrected chi connectivity index (χ2v) is 7.16. The summed E-state index contributed by atoms with van der Waals surface area (Å²) >= 11 is 0. The van der Waals surface area contributed by atoms with Crippen molar-refractivity contribution in [3.8, 4) is 0 Å². The highest BCUT2D eigenvalue weighted by Crippen LogP contribution is 2.31. The lowest BCUT2D eigenvalue weighted by molar-refractivity contribution is 0.102. The molecule has 0 fully saturated rings. The lowest BCUT2D eigenvalue weighted by Crippen LogP contribution is -2.16. The summed E-state index contributed by atoms with van der Waals surface area (Å²) in [6.07, 6.45) is 0. The first-order valence-corrected chi connectivity index (χ1v) is 8.13. The highest BCUT2D eigenvalue weighted by atomic mass is 16.1. The van der Waals surface area contributed by atoms with E-state index in [0.29, 0.717) is 5.56 Å². The van der Waals surface area contributed by atoms with E-state index in [2.05, 4.69) is 37.5 Å². The Morgan fingerprint density at radius 3 is 2.33 bits per heavy atom. The third kappa shape index (κ3) is 4.07. The maximum absolute atomic E-state index is 12.5. The molecular formula is C20H27N3O. The summed E-state index contributed by atoms with van der Waals surface area (Å²) in [4.78, 5) is 14.5. The molecule has 128 valence electrons. The first-order chi connectivity index (χ1) is 11.2. The quantitative estimate of drug-likeness (QED) is 0.878. The third-order valence-corrected chi connectivity index (χ3v) is 3.98. The Kier molecular flexibility index (Phi) is 5.17. The normalized spacial score (nSPS) is 11.1. The van der Waals surface area contributed by atoms with E-state index in [1.54, 1.807) is 0 Å². The van der Waals surface area contributed by atoms with Crippen LogP contribution in [0.5, 0.6) is 0 Å². The molecule has 0 bridgehead atoms. The number of hydrogen-bond acceptors (Lipinski definition) is 3. The number of benzene rings is 2. The molecule has 2 N–H and O–H groups in total. The van der Waals surface area contributed by atoms with Crippen molar-refractivity contribution >= 4 is 23.0 Å². The lowest BCUT2D eigenvalue weighted by Gasteiger charge is -2.23. The first kappa shape index (κ1) is 17.9. The number of amides is 1. The molecule has 0 saturated carbocycles. The highest BCUT2D eigenvalue weighted by Gasteiger charge is 2.18. The maximum Gasteiger partial charge on any atom is 0.255 e. The van der Waals surface area contributed by atoms with Gasteiger partial charge in [-0.1, -0.05) is 32.9 Å². The van der Waals surface area contributed by atoms with Crippen LogP contribution in [0.15, 0.2) is 42.5 Å². The smallest absolute Gasteiger partial charge is 0.255 e. The van der Waals surface area contributed by atoms with Crippen LogP contribution in [0.1, 0.15) is 36.7 Å². The molecule has 2 rings (SSSR count). The van der Waals surface area contributed by atoms with E-state index in [1.807, 2.05) is 62.4 Å². The molecule has 0 aromatic heterocycles. The molecule has 0 atom stereocenters. The maximum atomic E-state index is 12.5. The highest BCUT2D eigenvalue weighted by molar-refractivity contribution is 6.05. The van der Waals surface area contributed by atoms with E-state index in [-0.39, 0.29) is 11.3 Å². The average Bonchev–Trinajstić information content (AvgIpc) is 2.53. The van der Waals surface area contributed by atoms with Gasteiger partial charge in [0, 0.05) is 43.8 Å². The second kappa shape index (κ2) is 6.95. The zero-order valence-corrected chi connectivity index (χ0v) is 15.4. The zero-order valence-electron chi connectivity index (χ0n) is 15.4. The molecule has 2 aromatic rings. The fourth-order valence-electron chi connectivity index (χ4n) is 2.61. The van der Waals surface area contributed by atoms with E-state index >= 15 is 0 Å². The average molecular weight is 325 g/mol. The van der Waals surface area contributed by atoms with Crippen molar-refractivity contribution in [1.29, 1.82) is 0 Å². The van der Waals surface area contributed by atoms with Crippen LogP contribution >= 0.6 is 0 Å². The summed E-state index contributed by atoms with van der Waals surface area (Å²) in [5.41, 5.74) is 4.72. The van der Waals surface area contributed by atoms with Crippen LogP contribution in [0.2, 0.25) is 0 Å². The summed E-state index contributed by atoms with van der Waals surface area (Å²) in [6.45, 7) is 6.52. The summed E-state index contributed by atoms with van der Waals surface area (Å²) in [5.74, 6) is -0.107. The molecule has 0 aliphatic carbocycles. The van der Waals surface area contributed by atoms with Crippen molar-refractivity contribution in [3.05, 3.63) is 53.6 Å². The lowest BCUT2D eigenvalue weighted by atomic mass is 9.85. The molecule has 24 heavy (non-hydrogen) atoms. The monoisotopic (exact) mass is 325 g/mol. The summed E-state index contributed by atoms with van der Waals surface area (Å²) < 4.78 is 0. The van der Waals surface area contributed by atoms with Gasteiger partial charge in [-0.15, -0.1) is 0 Å². The number of nitrogens with one attached hydrogen (secondary N) is 2. The van der Waals surface area contributed by atoms with Crippen molar-refractivity contribution < 1.29 is 4.79 Å². The summed E-state index contributed by atoms with van der Waals surface area (Å²) in [7, 11) is 5.82. The minimum Gasteiger partial charge on any atom is -0.388 e. The van der Waals surface area contributed by atoms with Crippen LogP contribution in [0.4, 0.5) is 17.1 Å². The van der Waals surface area contributed by atoms with Crippen LogP contribution in [0.3, 0.4) is 0 Å². The van der Waals surface area contributed by atoms with E-state index in [9.17, 15) is 4.79 Å². The second-order valence-electron chi connectivity index (χ2n) is 7.16. The predicted molar refractivity (Wildman–Crippen MR) is 103 cm³/mol. The number of carbonyl (C=O) groups is 1. The van der Waals surface area contributed by atoms with Gasteiger partial charge < -0.3 is 15.5 Å². The molecule has 0 unspecified atom stereocenters. The molecule has 4 heteroatoms. The van der Waals surface area contributed by atoms with E-state index < -0.39 is 0 Å². The van der Waals surface area contributed by atoms with Gasteiger partial charge in [0.15, 0.2) is 0 Å². The minimum atomic E-state index is -0.107. The van der Waals surface area contributed by atoms with Gasteiger partial charge in [-0.25, -0.2) is 0 Å². The standard InChI is InChI=1S/C20H27N3O/c1-20(2,3)17-11-10-15(13-18(17)21-4)22-19(24)14-8-7-9-16(12-14)23(5)6/h7-13,21H,1-6H3,(H,22,24). The van der Waals surface area contributed by atoms with Crippen LogP contribution in [0, 0.1) is 0 Å². The molecule has 2 aromatic carbocycles. The number of nitrogens with zero attached hydrogens (tertiary/aromatic N) is 1. The Balaban J connectivity index is 2.25. The fourth-order valence-corrected chi connectivity index (χ4v) is 2.61. The minimum absolute atomic E-state index is 0.0426. The largest absolute Gasteiger partial charge is 0.388 e. The Labute approximate surface area is 144 Å². The number of carbonyl (C=O) groups excluding carboxylic acids is 1. The number of hydrogen-bond donors (Lipinski definition) is 2. The fraction of sp³-hybridized carbons (Fsp3) is 0.350. The van der Waals surface area contributed by atoms with Gasteiger partial charge in [0.1, 0.15) is 0 Å². The Morgan fingerprint density at radius 1 is 1.04 bits per heavy atom. The molecular weight excluding hydrogens is 298 g/mol. The number of anilines is 3. The molecule has 0 spiro atoms. The van der Waals surface area contributed by atoms with Crippen molar-refractivity contribution in [3.63, 3.8) is 0 Å². The van der Waals surface area contributed by atoms with Gasteiger partial charge in [-0.3, -0.25) is 4.79 Å². The van der Waals surface area contributed by atoms with Gasteiger partial charge in [0.25, 0.3) is 5.91 Å². The van der Waals surface area contributed by atoms with Crippen LogP contribution in [-0.4, -0.2) is 27.1 Å². The van der Waals surface area contributed by atoms with Crippen molar-refractivity contribution in [1.82, 2.24) is 0 Å². The van der Waals surface area contributed by atoms with Crippen molar-refractivity contribution in [2.24, 2.45) is 0 Å². The molecule has 1 amide bonds. The Bertz CT molecular complexity index is 730. The Morgan fingerprint density at radius 2 is 1.75 bits per heavy atom.